The number of benzene rings is 1. The Morgan fingerprint density at radius 2 is 2.00 bits per heavy atom. The average Bonchev–Trinajstić information content (AvgIpc) is 2.38. The van der Waals surface area contributed by atoms with E-state index < -0.39 is 10.0 Å². The molecule has 6 nitrogen and oxygen atoms in total. The highest BCUT2D eigenvalue weighted by atomic mass is 32.2. The summed E-state index contributed by atoms with van der Waals surface area (Å²) in [5.41, 5.74) is 6.73. The lowest BCUT2D eigenvalue weighted by Crippen LogP contribution is -2.27. The lowest BCUT2D eigenvalue weighted by molar-refractivity contribution is 0.267. The number of anilines is 2. The third kappa shape index (κ3) is 4.09. The van der Waals surface area contributed by atoms with Crippen LogP contribution in [0.1, 0.15) is 20.3 Å². The summed E-state index contributed by atoms with van der Waals surface area (Å²) in [5, 5.41) is 12.3. The third-order valence-corrected chi connectivity index (χ3v) is 4.65. The van der Waals surface area contributed by atoms with Crippen molar-refractivity contribution in [1.29, 1.82) is 0 Å². The van der Waals surface area contributed by atoms with Crippen LogP contribution >= 0.6 is 0 Å². The number of hydrogen-bond acceptors (Lipinski definition) is 5. The number of nitrogens with two attached hydrogens (primary N) is 1. The first-order valence-electron chi connectivity index (χ1n) is 6.52. The van der Waals surface area contributed by atoms with E-state index in [1.807, 2.05) is 0 Å². The average molecular weight is 301 g/mol. The van der Waals surface area contributed by atoms with E-state index in [1.54, 1.807) is 12.1 Å². The van der Waals surface area contributed by atoms with E-state index >= 15 is 0 Å². The fraction of sp³-hybridized carbons (Fsp3) is 0.538. The van der Waals surface area contributed by atoms with E-state index in [1.165, 1.54) is 13.1 Å². The fourth-order valence-electron chi connectivity index (χ4n) is 1.92. The van der Waals surface area contributed by atoms with Crippen LogP contribution in [0.15, 0.2) is 23.1 Å². The second kappa shape index (κ2) is 6.92. The summed E-state index contributed by atoms with van der Waals surface area (Å²) in [7, 11) is -2.20. The van der Waals surface area contributed by atoms with E-state index in [4.69, 9.17) is 10.8 Å². The topological polar surface area (TPSA) is 104 Å². The largest absolute Gasteiger partial charge is 0.398 e. The van der Waals surface area contributed by atoms with Crippen LogP contribution < -0.4 is 15.8 Å². The monoisotopic (exact) mass is 301 g/mol. The zero-order chi connectivity index (χ0) is 15.3. The summed E-state index contributed by atoms with van der Waals surface area (Å²) >= 11 is 0. The predicted octanol–water partition coefficient (Wildman–Crippen LogP) is 0.996. The van der Waals surface area contributed by atoms with Gasteiger partial charge in [0.05, 0.1) is 5.69 Å². The van der Waals surface area contributed by atoms with Gasteiger partial charge in [-0.25, -0.2) is 13.1 Å². The summed E-state index contributed by atoms with van der Waals surface area (Å²) in [6, 6.07) is 4.84. The number of rotatable bonds is 7. The van der Waals surface area contributed by atoms with Crippen molar-refractivity contribution in [2.45, 2.75) is 31.2 Å². The molecule has 0 aliphatic carbocycles. The summed E-state index contributed by atoms with van der Waals surface area (Å²) < 4.78 is 25.7. The standard InChI is InChI=1S/C13H23N3O3S/c1-9(2)12(6-7-17)16-10-4-5-13(11(14)8-10)20(18,19)15-3/h4-5,8-9,12,15-17H,6-7,14H2,1-3H3. The summed E-state index contributed by atoms with van der Waals surface area (Å²) in [6.45, 7) is 4.20. The van der Waals surface area contributed by atoms with Crippen molar-refractivity contribution in [1.82, 2.24) is 4.72 Å². The van der Waals surface area contributed by atoms with Gasteiger partial charge in [0.15, 0.2) is 0 Å². The van der Waals surface area contributed by atoms with Gasteiger partial charge in [0.1, 0.15) is 4.90 Å². The molecule has 0 saturated carbocycles. The highest BCUT2D eigenvalue weighted by Gasteiger charge is 2.17. The van der Waals surface area contributed by atoms with E-state index in [-0.39, 0.29) is 23.2 Å². The molecule has 0 saturated heterocycles. The van der Waals surface area contributed by atoms with Crippen LogP contribution in [-0.4, -0.2) is 33.2 Å². The minimum Gasteiger partial charge on any atom is -0.398 e. The molecular formula is C13H23N3O3S. The number of aliphatic hydroxyl groups excluding tert-OH is 1. The SMILES string of the molecule is CNS(=O)(=O)c1ccc(NC(CCO)C(C)C)cc1N. The van der Waals surface area contributed by atoms with Crippen molar-refractivity contribution in [2.24, 2.45) is 5.92 Å². The minimum atomic E-state index is -3.54. The van der Waals surface area contributed by atoms with Crippen molar-refractivity contribution in [3.63, 3.8) is 0 Å². The molecule has 20 heavy (non-hydrogen) atoms. The molecule has 0 aromatic heterocycles. The maximum atomic E-state index is 11.7. The highest BCUT2D eigenvalue weighted by molar-refractivity contribution is 7.89. The van der Waals surface area contributed by atoms with Crippen LogP contribution in [-0.2, 0) is 10.0 Å². The van der Waals surface area contributed by atoms with Gasteiger partial charge in [-0.2, -0.15) is 0 Å². The number of aliphatic hydroxyl groups is 1. The summed E-state index contributed by atoms with van der Waals surface area (Å²) in [6.07, 6.45) is 0.619. The minimum absolute atomic E-state index is 0.0637. The molecule has 1 aromatic rings. The molecule has 1 rings (SSSR count). The van der Waals surface area contributed by atoms with Gasteiger partial charge in [0.25, 0.3) is 0 Å². The first-order valence-corrected chi connectivity index (χ1v) is 8.00. The Kier molecular flexibility index (Phi) is 5.79. The van der Waals surface area contributed by atoms with Crippen LogP contribution in [0.3, 0.4) is 0 Å². The van der Waals surface area contributed by atoms with Crippen LogP contribution in [0.4, 0.5) is 11.4 Å². The molecule has 5 N–H and O–H groups in total. The second-order valence-electron chi connectivity index (χ2n) is 4.97. The molecule has 0 aliphatic heterocycles. The maximum Gasteiger partial charge on any atom is 0.242 e. The van der Waals surface area contributed by atoms with Gasteiger partial charge in [0.2, 0.25) is 10.0 Å². The molecule has 1 aromatic carbocycles. The second-order valence-corrected chi connectivity index (χ2v) is 6.82. The molecule has 0 amide bonds. The Morgan fingerprint density at radius 1 is 1.35 bits per heavy atom. The highest BCUT2D eigenvalue weighted by Crippen LogP contribution is 2.24. The maximum absolute atomic E-state index is 11.7. The Morgan fingerprint density at radius 3 is 2.45 bits per heavy atom. The summed E-state index contributed by atoms with van der Waals surface area (Å²) in [5.74, 6) is 0.337. The molecule has 1 unspecified atom stereocenters. The quantitative estimate of drug-likeness (QED) is 0.562. The lowest BCUT2D eigenvalue weighted by Gasteiger charge is -2.23. The third-order valence-electron chi connectivity index (χ3n) is 3.16. The first kappa shape index (κ1) is 16.7. The van der Waals surface area contributed by atoms with Crippen LogP contribution in [0.25, 0.3) is 0 Å². The molecule has 0 heterocycles. The Balaban J connectivity index is 2.98. The summed E-state index contributed by atoms with van der Waals surface area (Å²) in [4.78, 5) is 0.0637. The number of nitrogen functional groups attached to an aromatic ring is 1. The van der Waals surface area contributed by atoms with Crippen LogP contribution in [0.5, 0.6) is 0 Å². The van der Waals surface area contributed by atoms with Gasteiger partial charge in [-0.05, 0) is 37.6 Å². The molecule has 0 aliphatic rings. The van der Waals surface area contributed by atoms with Gasteiger partial charge < -0.3 is 16.2 Å². The Labute approximate surface area is 120 Å². The predicted molar refractivity (Wildman–Crippen MR) is 81.1 cm³/mol. The van der Waals surface area contributed by atoms with Crippen molar-refractivity contribution in [2.75, 3.05) is 24.7 Å². The Bertz CT molecular complexity index is 544. The van der Waals surface area contributed by atoms with Gasteiger partial charge in [-0.15, -0.1) is 0 Å². The molecule has 114 valence electrons. The van der Waals surface area contributed by atoms with Gasteiger partial charge in [-0.1, -0.05) is 13.8 Å². The molecule has 0 fully saturated rings. The molecule has 1 atom stereocenters. The van der Waals surface area contributed by atoms with Crippen molar-refractivity contribution >= 4 is 21.4 Å². The number of nitrogens with one attached hydrogen (secondary N) is 2. The first-order chi connectivity index (χ1) is 9.31. The molecule has 0 bridgehead atoms. The van der Waals surface area contributed by atoms with E-state index in [0.717, 1.165) is 5.69 Å². The normalized spacial score (nSPS) is 13.4. The fourth-order valence-corrected chi connectivity index (χ4v) is 2.75. The van der Waals surface area contributed by atoms with Crippen LogP contribution in [0, 0.1) is 5.92 Å². The molecule has 0 spiro atoms. The number of sulfonamides is 1. The molecular weight excluding hydrogens is 278 g/mol. The van der Waals surface area contributed by atoms with Gasteiger partial charge in [-0.3, -0.25) is 0 Å². The van der Waals surface area contributed by atoms with E-state index in [9.17, 15) is 8.42 Å². The number of hydrogen-bond donors (Lipinski definition) is 4. The van der Waals surface area contributed by atoms with Crippen LogP contribution in [0.2, 0.25) is 0 Å². The van der Waals surface area contributed by atoms with Gasteiger partial charge in [0, 0.05) is 18.3 Å². The smallest absolute Gasteiger partial charge is 0.242 e. The van der Waals surface area contributed by atoms with Gasteiger partial charge >= 0.3 is 0 Å². The lowest BCUT2D eigenvalue weighted by atomic mass is 10.0. The van der Waals surface area contributed by atoms with E-state index in [2.05, 4.69) is 23.9 Å². The van der Waals surface area contributed by atoms with Crippen molar-refractivity contribution < 1.29 is 13.5 Å². The zero-order valence-electron chi connectivity index (χ0n) is 12.1. The zero-order valence-corrected chi connectivity index (χ0v) is 12.9. The Hall–Kier alpha value is -1.31. The molecule has 0 radical (unpaired) electrons. The van der Waals surface area contributed by atoms with E-state index in [0.29, 0.717) is 12.3 Å². The molecule has 7 heteroatoms. The van der Waals surface area contributed by atoms with Crippen molar-refractivity contribution in [3.05, 3.63) is 18.2 Å². The van der Waals surface area contributed by atoms with Crippen molar-refractivity contribution in [3.8, 4) is 0 Å².